The first-order valence-electron chi connectivity index (χ1n) is 8.42. The fourth-order valence-electron chi connectivity index (χ4n) is 2.45. The van der Waals surface area contributed by atoms with Crippen LogP contribution in [0.15, 0.2) is 46.9 Å². The summed E-state index contributed by atoms with van der Waals surface area (Å²) in [7, 11) is 3.24. The third kappa shape index (κ3) is 5.32. The minimum atomic E-state index is 0.638. The second-order valence-electron chi connectivity index (χ2n) is 5.61. The Kier molecular flexibility index (Phi) is 7.84. The van der Waals surface area contributed by atoms with E-state index in [0.717, 1.165) is 39.0 Å². The highest BCUT2D eigenvalue weighted by atomic mass is 127. The number of nitrogens with zero attached hydrogens (tertiary/aromatic N) is 1. The number of carbonyl (C=O) groups excluding carboxylic acids is 1. The number of ether oxygens (including phenoxy) is 2. The molecule has 0 radical (unpaired) electrons. The summed E-state index contributed by atoms with van der Waals surface area (Å²) in [6.45, 7) is 4.07. The largest absolute Gasteiger partial charge is 0.497 e. The lowest BCUT2D eigenvalue weighted by Crippen LogP contribution is -1.90. The number of aromatic nitrogens is 1. The molecule has 3 aromatic rings. The maximum atomic E-state index is 10.2. The Labute approximate surface area is 172 Å². The lowest BCUT2D eigenvalue weighted by atomic mass is 10.1. The number of hydrogen-bond donors (Lipinski definition) is 0. The van der Waals surface area contributed by atoms with Gasteiger partial charge in [-0.3, -0.25) is 4.79 Å². The van der Waals surface area contributed by atoms with E-state index in [1.165, 1.54) is 0 Å². The van der Waals surface area contributed by atoms with E-state index in [4.69, 9.17) is 13.9 Å². The van der Waals surface area contributed by atoms with Crippen molar-refractivity contribution in [1.82, 2.24) is 4.98 Å². The van der Waals surface area contributed by atoms with Crippen molar-refractivity contribution in [2.75, 3.05) is 14.2 Å². The molecule has 1 aromatic heterocycles. The average Bonchev–Trinajstić information content (AvgIpc) is 3.09. The van der Waals surface area contributed by atoms with Crippen molar-refractivity contribution in [3.8, 4) is 23.0 Å². The molecular weight excluding hydrogens is 457 g/mol. The molecule has 0 aliphatic rings. The molecule has 6 heteroatoms. The van der Waals surface area contributed by atoms with E-state index in [1.54, 1.807) is 38.5 Å². The van der Waals surface area contributed by atoms with Gasteiger partial charge < -0.3 is 13.9 Å². The van der Waals surface area contributed by atoms with Gasteiger partial charge in [-0.05, 0) is 53.8 Å². The summed E-state index contributed by atoms with van der Waals surface area (Å²) in [5.74, 6) is 3.17. The Morgan fingerprint density at radius 2 is 1.89 bits per heavy atom. The maximum Gasteiger partial charge on any atom is 0.227 e. The molecule has 0 saturated carbocycles. The van der Waals surface area contributed by atoms with Gasteiger partial charge in [0, 0.05) is 23.1 Å². The second kappa shape index (κ2) is 10.1. The van der Waals surface area contributed by atoms with Crippen LogP contribution in [0.25, 0.3) is 11.5 Å². The predicted octanol–water partition coefficient (Wildman–Crippen LogP) is 5.33. The minimum absolute atomic E-state index is 0.638. The van der Waals surface area contributed by atoms with Crippen molar-refractivity contribution in [1.29, 1.82) is 0 Å². The van der Waals surface area contributed by atoms with Crippen LogP contribution >= 0.6 is 22.6 Å². The van der Waals surface area contributed by atoms with Crippen LogP contribution in [0.4, 0.5) is 0 Å². The minimum Gasteiger partial charge on any atom is -0.497 e. The molecule has 0 saturated heterocycles. The summed E-state index contributed by atoms with van der Waals surface area (Å²) >= 11 is 2.20. The van der Waals surface area contributed by atoms with Crippen LogP contribution < -0.4 is 9.47 Å². The number of benzene rings is 2. The monoisotopic (exact) mass is 479 g/mol. The molecule has 5 nitrogen and oxygen atoms in total. The van der Waals surface area contributed by atoms with Crippen molar-refractivity contribution >= 4 is 28.9 Å². The highest BCUT2D eigenvalue weighted by Gasteiger charge is 2.14. The van der Waals surface area contributed by atoms with Gasteiger partial charge in [0.05, 0.1) is 14.2 Å². The van der Waals surface area contributed by atoms with E-state index in [2.05, 4.69) is 34.5 Å². The van der Waals surface area contributed by atoms with Crippen molar-refractivity contribution < 1.29 is 18.7 Å². The average molecular weight is 479 g/mol. The van der Waals surface area contributed by atoms with Gasteiger partial charge in [0.25, 0.3) is 0 Å². The second-order valence-corrected chi connectivity index (χ2v) is 6.64. The van der Waals surface area contributed by atoms with Gasteiger partial charge in [0.1, 0.15) is 27.2 Å². The molecule has 0 spiro atoms. The van der Waals surface area contributed by atoms with E-state index < -0.39 is 0 Å². The molecule has 0 atom stereocenters. The molecule has 0 N–H and O–H groups in total. The van der Waals surface area contributed by atoms with Gasteiger partial charge in [0.15, 0.2) is 0 Å². The van der Waals surface area contributed by atoms with Crippen LogP contribution in [0.3, 0.4) is 0 Å². The first-order valence-corrected chi connectivity index (χ1v) is 9.50. The Balaban J connectivity index is 0.000000223. The van der Waals surface area contributed by atoms with E-state index in [-0.39, 0.29) is 0 Å². The predicted molar refractivity (Wildman–Crippen MR) is 114 cm³/mol. The molecule has 2 aromatic carbocycles. The highest BCUT2D eigenvalue weighted by molar-refractivity contribution is 14.1. The Morgan fingerprint density at radius 1 is 1.15 bits per heavy atom. The van der Waals surface area contributed by atoms with Gasteiger partial charge in [-0.1, -0.05) is 25.1 Å². The molecule has 0 aliphatic heterocycles. The Hall–Kier alpha value is -2.35. The van der Waals surface area contributed by atoms with Crippen LogP contribution in [0.5, 0.6) is 11.5 Å². The number of halogens is 1. The molecule has 0 bridgehead atoms. The summed E-state index contributed by atoms with van der Waals surface area (Å²) in [5.41, 5.74) is 2.68. The highest BCUT2D eigenvalue weighted by Crippen LogP contribution is 2.30. The molecule has 0 amide bonds. The summed E-state index contributed by atoms with van der Waals surface area (Å²) < 4.78 is 16.9. The van der Waals surface area contributed by atoms with Gasteiger partial charge in [0.2, 0.25) is 5.89 Å². The first-order chi connectivity index (χ1) is 13.0. The molecule has 142 valence electrons. The third-order valence-electron chi connectivity index (χ3n) is 3.94. The summed E-state index contributed by atoms with van der Waals surface area (Å²) in [5, 5.41) is 0. The number of aryl methyl sites for hydroxylation is 1. The van der Waals surface area contributed by atoms with Gasteiger partial charge in [-0.25, -0.2) is 4.98 Å². The van der Waals surface area contributed by atoms with E-state index in [9.17, 15) is 4.79 Å². The Bertz CT molecular complexity index is 905. The zero-order valence-corrected chi connectivity index (χ0v) is 17.9. The maximum absolute atomic E-state index is 10.2. The van der Waals surface area contributed by atoms with Crippen LogP contribution in [0.1, 0.15) is 28.6 Å². The lowest BCUT2D eigenvalue weighted by Gasteiger charge is -2.07. The molecule has 0 aliphatic carbocycles. The number of oxazole rings is 1. The molecule has 27 heavy (non-hydrogen) atoms. The quantitative estimate of drug-likeness (QED) is 0.366. The van der Waals surface area contributed by atoms with Crippen LogP contribution in [-0.2, 0) is 6.42 Å². The van der Waals surface area contributed by atoms with Gasteiger partial charge in [-0.15, -0.1) is 0 Å². The first kappa shape index (κ1) is 21.0. The van der Waals surface area contributed by atoms with Crippen molar-refractivity contribution in [2.45, 2.75) is 20.3 Å². The number of hydrogen-bond acceptors (Lipinski definition) is 5. The van der Waals surface area contributed by atoms with Crippen LogP contribution in [0.2, 0.25) is 0 Å². The van der Waals surface area contributed by atoms with Gasteiger partial charge >= 0.3 is 0 Å². The fourth-order valence-corrected chi connectivity index (χ4v) is 3.16. The standard InChI is InChI=1S/C13H14INO2.C8H8O2/c1-4-10-12(14)15-13(17-10)9-6-5-7-11(16-3)8(9)2;1-10-8-4-2-3-7(5-8)6-9/h5-7H,4H2,1-3H3;2-6H,1H3. The van der Waals surface area contributed by atoms with Crippen molar-refractivity contribution in [3.63, 3.8) is 0 Å². The zero-order chi connectivity index (χ0) is 19.8. The number of methoxy groups -OCH3 is 2. The molecule has 0 unspecified atom stereocenters. The fraction of sp³-hybridized carbons (Fsp3) is 0.238. The van der Waals surface area contributed by atoms with Gasteiger partial charge in [-0.2, -0.15) is 0 Å². The summed E-state index contributed by atoms with van der Waals surface area (Å²) in [4.78, 5) is 14.7. The van der Waals surface area contributed by atoms with E-state index in [1.807, 2.05) is 25.1 Å². The SMILES string of the molecule is CCc1oc(-c2cccc(OC)c2C)nc1I.COc1cccc(C=O)c1. The van der Waals surface area contributed by atoms with Crippen LogP contribution in [-0.4, -0.2) is 25.5 Å². The zero-order valence-electron chi connectivity index (χ0n) is 15.8. The lowest BCUT2D eigenvalue weighted by molar-refractivity contribution is 0.112. The number of carbonyl (C=O) groups is 1. The molecule has 3 rings (SSSR count). The third-order valence-corrected chi connectivity index (χ3v) is 4.78. The van der Waals surface area contributed by atoms with Crippen molar-refractivity contribution in [3.05, 3.63) is 63.1 Å². The molecule has 1 heterocycles. The van der Waals surface area contributed by atoms with E-state index >= 15 is 0 Å². The normalized spacial score (nSPS) is 9.96. The van der Waals surface area contributed by atoms with Crippen LogP contribution in [0, 0.1) is 10.6 Å². The topological polar surface area (TPSA) is 61.6 Å². The van der Waals surface area contributed by atoms with Crippen molar-refractivity contribution in [2.24, 2.45) is 0 Å². The Morgan fingerprint density at radius 3 is 2.48 bits per heavy atom. The van der Waals surface area contributed by atoms with E-state index in [0.29, 0.717) is 17.2 Å². The molecular formula is C21H22INO4. The summed E-state index contributed by atoms with van der Waals surface area (Å²) in [6.07, 6.45) is 1.65. The smallest absolute Gasteiger partial charge is 0.227 e. The number of rotatable bonds is 5. The number of aldehydes is 1. The molecule has 0 fully saturated rings. The summed E-state index contributed by atoms with van der Waals surface area (Å²) in [6, 6.07) is 12.9.